The summed E-state index contributed by atoms with van der Waals surface area (Å²) >= 11 is 0. The van der Waals surface area contributed by atoms with Crippen LogP contribution in [-0.2, 0) is 6.61 Å². The lowest BCUT2D eigenvalue weighted by Crippen LogP contribution is -1.73. The van der Waals surface area contributed by atoms with Crippen LogP contribution in [-0.4, -0.2) is 5.11 Å². The lowest BCUT2D eigenvalue weighted by molar-refractivity contribution is 0.248. The Balaban J connectivity index is 2.35. The number of aliphatic hydroxyl groups is 1. The molecular weight excluding hydrogens is 156 g/mol. The summed E-state index contributed by atoms with van der Waals surface area (Å²) < 4.78 is 10.3. The Hall–Kier alpha value is -1.48. The Morgan fingerprint density at radius 2 is 2.08 bits per heavy atom. The second kappa shape index (κ2) is 2.87. The lowest BCUT2D eigenvalue weighted by atomic mass is 10.3. The zero-order valence-corrected chi connectivity index (χ0v) is 6.36. The molecule has 0 aliphatic heterocycles. The fourth-order valence-corrected chi connectivity index (χ4v) is 1.01. The zero-order chi connectivity index (χ0) is 8.39. The summed E-state index contributed by atoms with van der Waals surface area (Å²) in [6.45, 7) is -0.0826. The van der Waals surface area contributed by atoms with E-state index in [-0.39, 0.29) is 6.61 Å². The van der Waals surface area contributed by atoms with Gasteiger partial charge in [-0.3, -0.25) is 0 Å². The van der Waals surface area contributed by atoms with Gasteiger partial charge in [-0.15, -0.1) is 0 Å². The van der Waals surface area contributed by atoms with E-state index < -0.39 is 0 Å². The van der Waals surface area contributed by atoms with Crippen LogP contribution in [0.1, 0.15) is 5.76 Å². The lowest BCUT2D eigenvalue weighted by Gasteiger charge is -1.88. The smallest absolute Gasteiger partial charge is 0.169 e. The first-order valence-corrected chi connectivity index (χ1v) is 3.63. The van der Waals surface area contributed by atoms with Crippen molar-refractivity contribution in [1.82, 2.24) is 0 Å². The molecule has 62 valence electrons. The minimum atomic E-state index is -0.0826. The Morgan fingerprint density at radius 3 is 2.67 bits per heavy atom. The predicted molar refractivity (Wildman–Crippen MR) is 42.3 cm³/mol. The summed E-state index contributed by atoms with van der Waals surface area (Å²) in [6, 6.07) is 7.08. The van der Waals surface area contributed by atoms with E-state index in [0.717, 1.165) is 0 Å². The third-order valence-corrected chi connectivity index (χ3v) is 1.58. The maximum absolute atomic E-state index is 8.72. The second-order valence-corrected chi connectivity index (χ2v) is 2.40. The van der Waals surface area contributed by atoms with Crippen LogP contribution in [0.5, 0.6) is 0 Å². The van der Waals surface area contributed by atoms with Crippen LogP contribution in [0.25, 0.3) is 11.5 Å². The van der Waals surface area contributed by atoms with Gasteiger partial charge < -0.3 is 13.9 Å². The van der Waals surface area contributed by atoms with Gasteiger partial charge in [0.25, 0.3) is 0 Å². The summed E-state index contributed by atoms with van der Waals surface area (Å²) in [5.74, 6) is 1.86. The monoisotopic (exact) mass is 164 g/mol. The van der Waals surface area contributed by atoms with Crippen LogP contribution in [0.2, 0.25) is 0 Å². The molecule has 0 spiro atoms. The zero-order valence-electron chi connectivity index (χ0n) is 6.36. The van der Waals surface area contributed by atoms with Gasteiger partial charge in [-0.1, -0.05) is 0 Å². The molecule has 0 radical (unpaired) electrons. The van der Waals surface area contributed by atoms with Gasteiger partial charge in [0.15, 0.2) is 11.5 Å². The summed E-state index contributed by atoms with van der Waals surface area (Å²) in [6.07, 6.45) is 1.58. The van der Waals surface area contributed by atoms with Gasteiger partial charge in [0, 0.05) is 0 Å². The third-order valence-electron chi connectivity index (χ3n) is 1.58. The van der Waals surface area contributed by atoms with E-state index in [1.54, 1.807) is 30.5 Å². The third kappa shape index (κ3) is 1.14. The number of rotatable bonds is 2. The topological polar surface area (TPSA) is 46.5 Å². The normalized spacial score (nSPS) is 10.4. The minimum absolute atomic E-state index is 0.0826. The van der Waals surface area contributed by atoms with Crippen molar-refractivity contribution >= 4 is 0 Å². The highest BCUT2D eigenvalue weighted by Crippen LogP contribution is 2.22. The van der Waals surface area contributed by atoms with Crippen LogP contribution < -0.4 is 0 Å². The van der Waals surface area contributed by atoms with Crippen LogP contribution >= 0.6 is 0 Å². The predicted octanol–water partition coefficient (Wildman–Crippen LogP) is 2.03. The molecule has 0 aliphatic carbocycles. The Morgan fingerprint density at radius 1 is 1.17 bits per heavy atom. The van der Waals surface area contributed by atoms with E-state index in [1.165, 1.54) is 0 Å². The van der Waals surface area contributed by atoms with E-state index in [1.807, 2.05) is 0 Å². The van der Waals surface area contributed by atoms with Crippen molar-refractivity contribution in [2.45, 2.75) is 6.61 Å². The van der Waals surface area contributed by atoms with E-state index >= 15 is 0 Å². The quantitative estimate of drug-likeness (QED) is 0.738. The molecule has 0 saturated carbocycles. The summed E-state index contributed by atoms with van der Waals surface area (Å²) in [4.78, 5) is 0. The molecule has 3 heteroatoms. The average molecular weight is 164 g/mol. The molecule has 2 aromatic heterocycles. The van der Waals surface area contributed by atoms with Crippen LogP contribution in [0, 0.1) is 0 Å². The summed E-state index contributed by atoms with van der Waals surface area (Å²) in [7, 11) is 0. The molecule has 0 fully saturated rings. The minimum Gasteiger partial charge on any atom is -0.461 e. The fraction of sp³-hybridized carbons (Fsp3) is 0.111. The number of furan rings is 2. The molecule has 12 heavy (non-hydrogen) atoms. The van der Waals surface area contributed by atoms with Crippen LogP contribution in [0.3, 0.4) is 0 Å². The van der Waals surface area contributed by atoms with Crippen LogP contribution in [0.15, 0.2) is 39.4 Å². The Kier molecular flexibility index (Phi) is 1.72. The highest BCUT2D eigenvalue weighted by Gasteiger charge is 2.05. The average Bonchev–Trinajstić information content (AvgIpc) is 2.75. The number of hydrogen-bond acceptors (Lipinski definition) is 3. The molecule has 1 N–H and O–H groups in total. The van der Waals surface area contributed by atoms with E-state index in [9.17, 15) is 0 Å². The molecule has 2 rings (SSSR count). The standard InChI is InChI=1S/C9H8O3/c10-6-7-3-4-9(12-7)8-2-1-5-11-8/h1-5,10H,6H2. The molecule has 0 unspecified atom stereocenters. The molecular formula is C9H8O3. The fourth-order valence-electron chi connectivity index (χ4n) is 1.01. The SMILES string of the molecule is OCc1ccc(-c2ccco2)o1. The largest absolute Gasteiger partial charge is 0.461 e. The van der Waals surface area contributed by atoms with Crippen molar-refractivity contribution in [2.75, 3.05) is 0 Å². The van der Waals surface area contributed by atoms with Gasteiger partial charge in [0.2, 0.25) is 0 Å². The Labute approximate surface area is 69.2 Å². The molecule has 2 heterocycles. The van der Waals surface area contributed by atoms with Gasteiger partial charge in [0.05, 0.1) is 6.26 Å². The molecule has 0 saturated heterocycles. The van der Waals surface area contributed by atoms with Crippen molar-refractivity contribution in [3.63, 3.8) is 0 Å². The van der Waals surface area contributed by atoms with E-state index in [0.29, 0.717) is 17.3 Å². The van der Waals surface area contributed by atoms with E-state index in [4.69, 9.17) is 13.9 Å². The maximum Gasteiger partial charge on any atom is 0.169 e. The van der Waals surface area contributed by atoms with Crippen molar-refractivity contribution in [1.29, 1.82) is 0 Å². The van der Waals surface area contributed by atoms with Crippen molar-refractivity contribution < 1.29 is 13.9 Å². The highest BCUT2D eigenvalue weighted by molar-refractivity contribution is 5.49. The van der Waals surface area contributed by atoms with Crippen molar-refractivity contribution in [3.05, 3.63) is 36.3 Å². The highest BCUT2D eigenvalue weighted by atomic mass is 16.4. The molecule has 0 amide bonds. The molecule has 0 atom stereocenters. The Bertz CT molecular complexity index is 345. The maximum atomic E-state index is 8.72. The molecule has 3 nitrogen and oxygen atoms in total. The van der Waals surface area contributed by atoms with Crippen molar-refractivity contribution in [2.24, 2.45) is 0 Å². The molecule has 0 bridgehead atoms. The first kappa shape index (κ1) is 7.18. The molecule has 0 aromatic carbocycles. The van der Waals surface area contributed by atoms with Gasteiger partial charge in [0.1, 0.15) is 12.4 Å². The van der Waals surface area contributed by atoms with Crippen LogP contribution in [0.4, 0.5) is 0 Å². The first-order valence-electron chi connectivity index (χ1n) is 3.63. The summed E-state index contributed by atoms with van der Waals surface area (Å²) in [5.41, 5.74) is 0. The van der Waals surface area contributed by atoms with Gasteiger partial charge >= 0.3 is 0 Å². The van der Waals surface area contributed by atoms with E-state index in [2.05, 4.69) is 0 Å². The van der Waals surface area contributed by atoms with Gasteiger partial charge in [-0.25, -0.2) is 0 Å². The molecule has 2 aromatic rings. The van der Waals surface area contributed by atoms with Gasteiger partial charge in [-0.05, 0) is 24.3 Å². The van der Waals surface area contributed by atoms with Crippen molar-refractivity contribution in [3.8, 4) is 11.5 Å². The van der Waals surface area contributed by atoms with Gasteiger partial charge in [-0.2, -0.15) is 0 Å². The summed E-state index contributed by atoms with van der Waals surface area (Å²) in [5, 5.41) is 8.72. The second-order valence-electron chi connectivity index (χ2n) is 2.40. The first-order chi connectivity index (χ1) is 5.90. The number of aliphatic hydroxyl groups excluding tert-OH is 1. The number of hydrogen-bond donors (Lipinski definition) is 1. The molecule has 0 aliphatic rings.